The average molecular weight is 348 g/mol. The molecule has 0 radical (unpaired) electrons. The number of thiazole rings is 1. The Bertz CT molecular complexity index is 633. The van der Waals surface area contributed by atoms with Crippen molar-refractivity contribution in [3.05, 3.63) is 46.4 Å². The lowest BCUT2D eigenvalue weighted by Gasteiger charge is -2.35. The Morgan fingerprint density at radius 2 is 2.00 bits per heavy atom. The van der Waals surface area contributed by atoms with Gasteiger partial charge in [-0.25, -0.2) is 4.98 Å². The fraction of sp³-hybridized carbons (Fsp3) is 0.412. The van der Waals surface area contributed by atoms with E-state index in [1.54, 1.807) is 23.1 Å². The van der Waals surface area contributed by atoms with Crippen LogP contribution in [0.4, 0.5) is 0 Å². The highest BCUT2D eigenvalue weighted by atomic mass is 32.2. The zero-order valence-corrected chi connectivity index (χ0v) is 14.9. The summed E-state index contributed by atoms with van der Waals surface area (Å²) >= 11 is 3.35. The van der Waals surface area contributed by atoms with Crippen LogP contribution in [0.1, 0.15) is 29.9 Å². The van der Waals surface area contributed by atoms with Crippen molar-refractivity contribution < 1.29 is 9.53 Å². The quantitative estimate of drug-likeness (QED) is 0.791. The normalized spacial score (nSPS) is 21.4. The number of amides is 1. The average Bonchev–Trinajstić information content (AvgIpc) is 3.05. The van der Waals surface area contributed by atoms with Gasteiger partial charge in [0.05, 0.1) is 23.4 Å². The van der Waals surface area contributed by atoms with Crippen LogP contribution in [-0.4, -0.2) is 41.1 Å². The largest absolute Gasteiger partial charge is 0.372 e. The Morgan fingerprint density at radius 3 is 2.61 bits per heavy atom. The second kappa shape index (κ2) is 7.47. The number of hydrogen-bond acceptors (Lipinski definition) is 5. The van der Waals surface area contributed by atoms with Crippen molar-refractivity contribution in [1.29, 1.82) is 0 Å². The Morgan fingerprint density at radius 1 is 1.30 bits per heavy atom. The minimum Gasteiger partial charge on any atom is -0.372 e. The number of benzene rings is 1. The van der Waals surface area contributed by atoms with E-state index >= 15 is 0 Å². The standard InChI is InChI=1S/C17H20N2O2S2/c1-12-7-19(8-13(2)21-12)17(20)14-3-5-16(6-4-14)23-10-15-9-22-11-18-15/h3-6,9,11-13H,7-8,10H2,1-2H3/t12-,13-/m1/s1. The Hall–Kier alpha value is -1.37. The van der Waals surface area contributed by atoms with E-state index in [0.717, 1.165) is 21.9 Å². The summed E-state index contributed by atoms with van der Waals surface area (Å²) in [6.45, 7) is 5.33. The molecule has 122 valence electrons. The van der Waals surface area contributed by atoms with Gasteiger partial charge in [0.1, 0.15) is 0 Å². The lowest BCUT2D eigenvalue weighted by molar-refractivity contribution is -0.0586. The van der Waals surface area contributed by atoms with E-state index in [2.05, 4.69) is 10.4 Å². The van der Waals surface area contributed by atoms with Crippen molar-refractivity contribution in [2.45, 2.75) is 36.7 Å². The summed E-state index contributed by atoms with van der Waals surface area (Å²) in [5.74, 6) is 0.943. The number of thioether (sulfide) groups is 1. The molecule has 1 aromatic heterocycles. The summed E-state index contributed by atoms with van der Waals surface area (Å²) in [6, 6.07) is 7.85. The van der Waals surface area contributed by atoms with Gasteiger partial charge in [0.15, 0.2) is 0 Å². The van der Waals surface area contributed by atoms with Gasteiger partial charge in [-0.15, -0.1) is 23.1 Å². The third-order valence-electron chi connectivity index (χ3n) is 3.68. The van der Waals surface area contributed by atoms with Crippen molar-refractivity contribution >= 4 is 29.0 Å². The first-order chi connectivity index (χ1) is 11.1. The lowest BCUT2D eigenvalue weighted by Crippen LogP contribution is -2.48. The molecule has 1 amide bonds. The molecule has 1 fully saturated rings. The van der Waals surface area contributed by atoms with E-state index in [4.69, 9.17) is 4.74 Å². The molecule has 2 heterocycles. The highest BCUT2D eigenvalue weighted by Gasteiger charge is 2.26. The number of ether oxygens (including phenoxy) is 1. The predicted octanol–water partition coefficient (Wildman–Crippen LogP) is 3.68. The summed E-state index contributed by atoms with van der Waals surface area (Å²) in [7, 11) is 0. The number of aromatic nitrogens is 1. The summed E-state index contributed by atoms with van der Waals surface area (Å²) in [5.41, 5.74) is 3.68. The number of carbonyl (C=O) groups is 1. The minimum atomic E-state index is 0.0862. The van der Waals surface area contributed by atoms with Crippen LogP contribution in [0.5, 0.6) is 0 Å². The fourth-order valence-electron chi connectivity index (χ4n) is 2.69. The van der Waals surface area contributed by atoms with Crippen LogP contribution >= 0.6 is 23.1 Å². The molecule has 23 heavy (non-hydrogen) atoms. The lowest BCUT2D eigenvalue weighted by atomic mass is 10.1. The highest BCUT2D eigenvalue weighted by molar-refractivity contribution is 7.98. The molecular formula is C17H20N2O2S2. The van der Waals surface area contributed by atoms with Crippen molar-refractivity contribution in [3.8, 4) is 0 Å². The minimum absolute atomic E-state index is 0.0862. The van der Waals surface area contributed by atoms with E-state index in [0.29, 0.717) is 13.1 Å². The van der Waals surface area contributed by atoms with Crippen LogP contribution in [-0.2, 0) is 10.5 Å². The van der Waals surface area contributed by atoms with E-state index in [1.165, 1.54) is 0 Å². The highest BCUT2D eigenvalue weighted by Crippen LogP contribution is 2.23. The maximum absolute atomic E-state index is 12.6. The van der Waals surface area contributed by atoms with Crippen molar-refractivity contribution in [1.82, 2.24) is 9.88 Å². The molecule has 1 aromatic carbocycles. The summed E-state index contributed by atoms with van der Waals surface area (Å²) < 4.78 is 5.69. The molecule has 1 aliphatic heterocycles. The van der Waals surface area contributed by atoms with Crippen LogP contribution in [0.25, 0.3) is 0 Å². The van der Waals surface area contributed by atoms with Gasteiger partial charge in [0.25, 0.3) is 5.91 Å². The SMILES string of the molecule is C[C@@H]1CN(C(=O)c2ccc(SCc3cscn3)cc2)C[C@@H](C)O1. The molecular weight excluding hydrogens is 328 g/mol. The molecule has 0 aliphatic carbocycles. The van der Waals surface area contributed by atoms with E-state index in [9.17, 15) is 4.79 Å². The van der Waals surface area contributed by atoms with Crippen molar-refractivity contribution in [3.63, 3.8) is 0 Å². The van der Waals surface area contributed by atoms with Gasteiger partial charge in [0, 0.05) is 34.7 Å². The third kappa shape index (κ3) is 4.34. The molecule has 6 heteroatoms. The monoisotopic (exact) mass is 348 g/mol. The molecule has 2 aromatic rings. The second-order valence-corrected chi connectivity index (χ2v) is 7.53. The molecule has 4 nitrogen and oxygen atoms in total. The van der Waals surface area contributed by atoms with Crippen LogP contribution in [0, 0.1) is 0 Å². The van der Waals surface area contributed by atoms with Crippen LogP contribution in [0.2, 0.25) is 0 Å². The number of nitrogens with zero attached hydrogens (tertiary/aromatic N) is 2. The third-order valence-corrected chi connectivity index (χ3v) is 5.36. The molecule has 0 unspecified atom stereocenters. The van der Waals surface area contributed by atoms with E-state index < -0.39 is 0 Å². The van der Waals surface area contributed by atoms with Gasteiger partial charge in [0.2, 0.25) is 0 Å². The van der Waals surface area contributed by atoms with Crippen LogP contribution in [0.15, 0.2) is 40.1 Å². The maximum atomic E-state index is 12.6. The first-order valence-electron chi connectivity index (χ1n) is 7.66. The van der Waals surface area contributed by atoms with Gasteiger partial charge < -0.3 is 9.64 Å². The van der Waals surface area contributed by atoms with E-state index in [1.807, 2.05) is 48.5 Å². The summed E-state index contributed by atoms with van der Waals surface area (Å²) in [6.07, 6.45) is 0.186. The molecule has 3 rings (SSSR count). The smallest absolute Gasteiger partial charge is 0.254 e. The van der Waals surface area contributed by atoms with Gasteiger partial charge >= 0.3 is 0 Å². The van der Waals surface area contributed by atoms with E-state index in [-0.39, 0.29) is 18.1 Å². The molecule has 0 bridgehead atoms. The summed E-state index contributed by atoms with van der Waals surface area (Å²) in [5, 5.41) is 2.06. The molecule has 1 aliphatic rings. The molecule has 0 N–H and O–H groups in total. The van der Waals surface area contributed by atoms with Crippen molar-refractivity contribution in [2.75, 3.05) is 13.1 Å². The molecule has 2 atom stereocenters. The Balaban J connectivity index is 1.61. The first kappa shape index (κ1) is 16.5. The fourth-order valence-corrected chi connectivity index (χ4v) is 4.15. The zero-order valence-electron chi connectivity index (χ0n) is 13.3. The molecule has 0 spiro atoms. The maximum Gasteiger partial charge on any atom is 0.254 e. The number of hydrogen-bond donors (Lipinski definition) is 0. The second-order valence-electron chi connectivity index (χ2n) is 5.76. The van der Waals surface area contributed by atoms with Crippen molar-refractivity contribution in [2.24, 2.45) is 0 Å². The van der Waals surface area contributed by atoms with Gasteiger partial charge in [-0.05, 0) is 38.1 Å². The Kier molecular flexibility index (Phi) is 5.35. The van der Waals surface area contributed by atoms with Crippen LogP contribution < -0.4 is 0 Å². The van der Waals surface area contributed by atoms with Gasteiger partial charge in [-0.2, -0.15) is 0 Å². The first-order valence-corrected chi connectivity index (χ1v) is 9.59. The topological polar surface area (TPSA) is 42.4 Å². The van der Waals surface area contributed by atoms with Gasteiger partial charge in [-0.3, -0.25) is 4.79 Å². The summed E-state index contributed by atoms with van der Waals surface area (Å²) in [4.78, 5) is 19.9. The predicted molar refractivity (Wildman–Crippen MR) is 94.0 cm³/mol. The number of rotatable bonds is 4. The van der Waals surface area contributed by atoms with Gasteiger partial charge in [-0.1, -0.05) is 0 Å². The number of morpholine rings is 1. The molecule has 1 saturated heterocycles. The molecule has 0 saturated carbocycles. The number of carbonyl (C=O) groups excluding carboxylic acids is 1. The van der Waals surface area contributed by atoms with Crippen LogP contribution in [0.3, 0.4) is 0 Å². The Labute approximate surface area is 144 Å². The zero-order chi connectivity index (χ0) is 16.2.